The molecule has 0 radical (unpaired) electrons. The molecule has 8 nitrogen and oxygen atoms in total. The van der Waals surface area contributed by atoms with Crippen molar-refractivity contribution in [1.82, 2.24) is 19.7 Å². The third-order valence-corrected chi connectivity index (χ3v) is 4.85. The van der Waals surface area contributed by atoms with Gasteiger partial charge in [0.25, 0.3) is 0 Å². The average molecular weight is 429 g/mol. The summed E-state index contributed by atoms with van der Waals surface area (Å²) < 4.78 is 6.81. The van der Waals surface area contributed by atoms with Gasteiger partial charge in [0.15, 0.2) is 0 Å². The lowest BCUT2D eigenvalue weighted by atomic mass is 10.2. The Morgan fingerprint density at radius 3 is 2.35 bits per heavy atom. The molecule has 0 aliphatic rings. The zero-order valence-corrected chi connectivity index (χ0v) is 18.7. The minimum Gasteiger partial charge on any atom is -0.465 e. The first-order valence-electron chi connectivity index (χ1n) is 10.4. The van der Waals surface area contributed by atoms with Crippen molar-refractivity contribution in [2.45, 2.75) is 39.9 Å². The van der Waals surface area contributed by atoms with E-state index >= 15 is 0 Å². The monoisotopic (exact) mass is 428 g/mol. The Morgan fingerprint density at radius 1 is 1.06 bits per heavy atom. The van der Waals surface area contributed by atoms with Crippen LogP contribution in [0, 0.1) is 0 Å². The van der Waals surface area contributed by atoms with E-state index in [2.05, 4.69) is 5.32 Å². The van der Waals surface area contributed by atoms with Crippen LogP contribution in [0.4, 0.5) is 4.79 Å². The zero-order valence-electron chi connectivity index (χ0n) is 18.7. The number of esters is 1. The number of aryl methyl sites for hydroxylation is 1. The molecule has 0 aliphatic carbocycles. The van der Waals surface area contributed by atoms with Gasteiger partial charge in [0.05, 0.1) is 13.2 Å². The highest BCUT2D eigenvalue weighted by molar-refractivity contribution is 5.86. The molecule has 1 heterocycles. The minimum absolute atomic E-state index is 0.0937. The number of amides is 3. The molecular formula is C23H32N4O4. The third-order valence-electron chi connectivity index (χ3n) is 4.85. The van der Waals surface area contributed by atoms with E-state index in [0.29, 0.717) is 13.1 Å². The van der Waals surface area contributed by atoms with Crippen LogP contribution in [0.5, 0.6) is 0 Å². The van der Waals surface area contributed by atoms with Crippen molar-refractivity contribution in [3.05, 3.63) is 59.9 Å². The van der Waals surface area contributed by atoms with E-state index < -0.39 is 12.0 Å². The second kappa shape index (κ2) is 11.8. The van der Waals surface area contributed by atoms with Gasteiger partial charge in [-0.3, -0.25) is 9.59 Å². The highest BCUT2D eigenvalue weighted by atomic mass is 16.5. The van der Waals surface area contributed by atoms with Gasteiger partial charge in [0, 0.05) is 31.5 Å². The van der Waals surface area contributed by atoms with E-state index in [9.17, 15) is 14.4 Å². The van der Waals surface area contributed by atoms with E-state index in [1.807, 2.05) is 74.1 Å². The molecule has 0 aliphatic heterocycles. The Balaban J connectivity index is 2.12. The first-order chi connectivity index (χ1) is 14.8. The molecule has 0 saturated carbocycles. The number of aromatic nitrogens is 1. The molecule has 0 fully saturated rings. The first kappa shape index (κ1) is 24.0. The van der Waals surface area contributed by atoms with Crippen LogP contribution in [0.25, 0.3) is 0 Å². The lowest BCUT2D eigenvalue weighted by molar-refractivity contribution is -0.141. The second-order valence-corrected chi connectivity index (χ2v) is 7.53. The maximum absolute atomic E-state index is 13.2. The molecule has 1 aromatic heterocycles. The number of carbonyl (C=O) groups excluding carboxylic acids is 3. The van der Waals surface area contributed by atoms with E-state index in [1.54, 1.807) is 11.8 Å². The van der Waals surface area contributed by atoms with Crippen LogP contribution in [-0.2, 0) is 34.5 Å². The van der Waals surface area contributed by atoms with Gasteiger partial charge in [-0.1, -0.05) is 30.3 Å². The summed E-state index contributed by atoms with van der Waals surface area (Å²) >= 11 is 0. The number of nitrogens with one attached hydrogen (secondary N) is 1. The molecule has 1 aromatic carbocycles. The maximum Gasteiger partial charge on any atom is 0.325 e. The molecule has 8 heteroatoms. The normalized spacial score (nSPS) is 10.6. The summed E-state index contributed by atoms with van der Waals surface area (Å²) in [6.45, 7) is 6.13. The molecule has 0 bridgehead atoms. The molecule has 0 spiro atoms. The van der Waals surface area contributed by atoms with Crippen LogP contribution in [-0.4, -0.2) is 58.0 Å². The van der Waals surface area contributed by atoms with Gasteiger partial charge in [0.2, 0.25) is 5.91 Å². The third kappa shape index (κ3) is 7.47. The molecule has 0 atom stereocenters. The minimum atomic E-state index is -0.514. The summed E-state index contributed by atoms with van der Waals surface area (Å²) in [5.74, 6) is -0.690. The summed E-state index contributed by atoms with van der Waals surface area (Å²) in [6.07, 6.45) is 1.93. The molecule has 168 valence electrons. The zero-order chi connectivity index (χ0) is 22.8. The Labute approximate surface area is 183 Å². The lowest BCUT2D eigenvalue weighted by Gasteiger charge is -2.30. The van der Waals surface area contributed by atoms with Crippen molar-refractivity contribution < 1.29 is 19.1 Å². The summed E-state index contributed by atoms with van der Waals surface area (Å²) in [7, 11) is 1.93. The van der Waals surface area contributed by atoms with Crippen molar-refractivity contribution >= 4 is 17.9 Å². The van der Waals surface area contributed by atoms with E-state index in [1.165, 1.54) is 4.90 Å². The summed E-state index contributed by atoms with van der Waals surface area (Å²) in [5, 5.41) is 2.53. The second-order valence-electron chi connectivity index (χ2n) is 7.53. The van der Waals surface area contributed by atoms with Gasteiger partial charge in [-0.15, -0.1) is 0 Å². The van der Waals surface area contributed by atoms with Crippen LogP contribution in [0.2, 0.25) is 0 Å². The van der Waals surface area contributed by atoms with Crippen molar-refractivity contribution in [2.24, 2.45) is 7.05 Å². The Bertz CT molecular complexity index is 863. The number of urea groups is 1. The molecular weight excluding hydrogens is 396 g/mol. The standard InChI is InChI=1S/C23H32N4O4/c1-5-31-22(29)14-24-23(30)27(18(2)3)17-21(28)26(15-19-10-7-6-8-11-19)16-20-12-9-13-25(20)4/h6-13,18H,5,14-17H2,1-4H3,(H,24,30). The molecule has 3 amide bonds. The van der Waals surface area contributed by atoms with Gasteiger partial charge >= 0.3 is 12.0 Å². The van der Waals surface area contributed by atoms with E-state index in [4.69, 9.17) is 4.74 Å². The molecule has 2 aromatic rings. The van der Waals surface area contributed by atoms with Crippen LogP contribution in [0.15, 0.2) is 48.7 Å². The van der Waals surface area contributed by atoms with E-state index in [-0.39, 0.29) is 31.6 Å². The molecule has 31 heavy (non-hydrogen) atoms. The Kier molecular flexibility index (Phi) is 9.12. The quantitative estimate of drug-likeness (QED) is 0.590. The number of hydrogen-bond donors (Lipinski definition) is 1. The smallest absolute Gasteiger partial charge is 0.325 e. The van der Waals surface area contributed by atoms with Crippen LogP contribution in [0.1, 0.15) is 32.0 Å². The van der Waals surface area contributed by atoms with Gasteiger partial charge in [-0.05, 0) is 38.5 Å². The fourth-order valence-corrected chi connectivity index (χ4v) is 3.09. The number of ether oxygens (including phenoxy) is 1. The first-order valence-corrected chi connectivity index (χ1v) is 10.4. The van der Waals surface area contributed by atoms with Crippen LogP contribution < -0.4 is 5.32 Å². The largest absolute Gasteiger partial charge is 0.465 e. The SMILES string of the molecule is CCOC(=O)CNC(=O)N(CC(=O)N(Cc1ccccc1)Cc1cccn1C)C(C)C. The van der Waals surface area contributed by atoms with Crippen LogP contribution >= 0.6 is 0 Å². The summed E-state index contributed by atoms with van der Waals surface area (Å²) in [6, 6.07) is 12.9. The van der Waals surface area contributed by atoms with Crippen molar-refractivity contribution in [2.75, 3.05) is 19.7 Å². The fraction of sp³-hybridized carbons (Fsp3) is 0.435. The molecule has 1 N–H and O–H groups in total. The summed E-state index contributed by atoms with van der Waals surface area (Å²) in [5.41, 5.74) is 2.00. The predicted octanol–water partition coefficient (Wildman–Crippen LogP) is 2.54. The highest BCUT2D eigenvalue weighted by Gasteiger charge is 2.24. The van der Waals surface area contributed by atoms with Gasteiger partial charge in [-0.25, -0.2) is 4.79 Å². The Morgan fingerprint density at radius 2 is 1.77 bits per heavy atom. The van der Waals surface area contributed by atoms with Crippen LogP contribution in [0.3, 0.4) is 0 Å². The highest BCUT2D eigenvalue weighted by Crippen LogP contribution is 2.12. The van der Waals surface area contributed by atoms with Gasteiger partial charge in [-0.2, -0.15) is 0 Å². The number of hydrogen-bond acceptors (Lipinski definition) is 4. The molecule has 0 unspecified atom stereocenters. The predicted molar refractivity (Wildman–Crippen MR) is 118 cm³/mol. The molecule has 0 saturated heterocycles. The van der Waals surface area contributed by atoms with E-state index in [0.717, 1.165) is 11.3 Å². The maximum atomic E-state index is 13.2. The lowest BCUT2D eigenvalue weighted by Crippen LogP contribution is -2.50. The number of nitrogens with zero attached hydrogens (tertiary/aromatic N) is 3. The fourth-order valence-electron chi connectivity index (χ4n) is 3.09. The van der Waals surface area contributed by atoms with Gasteiger partial charge < -0.3 is 24.4 Å². The number of carbonyl (C=O) groups is 3. The van der Waals surface area contributed by atoms with Crippen molar-refractivity contribution in [3.63, 3.8) is 0 Å². The Hall–Kier alpha value is -3.29. The molecule has 2 rings (SSSR count). The average Bonchev–Trinajstić information content (AvgIpc) is 3.14. The topological polar surface area (TPSA) is 83.9 Å². The summed E-state index contributed by atoms with van der Waals surface area (Å²) in [4.78, 5) is 40.6. The van der Waals surface area contributed by atoms with Crippen molar-refractivity contribution in [1.29, 1.82) is 0 Å². The van der Waals surface area contributed by atoms with Gasteiger partial charge in [0.1, 0.15) is 13.1 Å². The number of rotatable bonds is 10. The van der Waals surface area contributed by atoms with Crippen molar-refractivity contribution in [3.8, 4) is 0 Å². The number of benzene rings is 1.